The number of hydrogen-bond donors (Lipinski definition) is 3. The van der Waals surface area contributed by atoms with Crippen LogP contribution < -0.4 is 4.90 Å². The van der Waals surface area contributed by atoms with E-state index in [0.29, 0.717) is 13.2 Å². The minimum absolute atomic E-state index is 0.0646. The van der Waals surface area contributed by atoms with Gasteiger partial charge in [0, 0.05) is 30.4 Å². The molecule has 0 unspecified atom stereocenters. The predicted octanol–water partition coefficient (Wildman–Crippen LogP) is 0.623. The molecule has 2 aliphatic rings. The Morgan fingerprint density at radius 1 is 1.23 bits per heavy atom. The van der Waals surface area contributed by atoms with Crippen LogP contribution >= 0.6 is 11.3 Å². The number of fused-ring (bicyclic) bond motifs is 4. The molecule has 3 N–H and O–H groups in total. The first-order chi connectivity index (χ1) is 14.4. The van der Waals surface area contributed by atoms with Gasteiger partial charge in [-0.2, -0.15) is 0 Å². The lowest BCUT2D eigenvalue weighted by Gasteiger charge is -2.31. The van der Waals surface area contributed by atoms with E-state index in [1.807, 2.05) is 4.90 Å². The molecule has 0 radical (unpaired) electrons. The summed E-state index contributed by atoms with van der Waals surface area (Å²) in [7, 11) is 0. The Morgan fingerprint density at radius 2 is 1.93 bits per heavy atom. The zero-order valence-corrected chi connectivity index (χ0v) is 17.2. The van der Waals surface area contributed by atoms with Crippen molar-refractivity contribution in [1.29, 1.82) is 0 Å². The van der Waals surface area contributed by atoms with Crippen LogP contribution in [0.4, 0.5) is 5.82 Å². The molecule has 0 amide bonds. The van der Waals surface area contributed by atoms with Gasteiger partial charge in [-0.05, 0) is 13.0 Å². The summed E-state index contributed by atoms with van der Waals surface area (Å²) in [5.74, 6) is 0.451. The van der Waals surface area contributed by atoms with Gasteiger partial charge in [0.25, 0.3) is 12.9 Å². The van der Waals surface area contributed by atoms with Gasteiger partial charge in [-0.15, -0.1) is 11.3 Å². The zero-order chi connectivity index (χ0) is 22.1. The van der Waals surface area contributed by atoms with E-state index < -0.39 is 5.97 Å². The van der Waals surface area contributed by atoms with Crippen molar-refractivity contribution in [2.24, 2.45) is 5.92 Å². The number of aromatic nitrogens is 2. The van der Waals surface area contributed by atoms with Gasteiger partial charge < -0.3 is 25.0 Å². The van der Waals surface area contributed by atoms with Crippen LogP contribution in [0.1, 0.15) is 4.88 Å². The standard InChI is InChI=1S/C16H20N4O3S.2CH2O2/c1-10-2-13-15(17-9-18-16(13)24-10)20-4-11-3-19(6-14(21)22)12(5-20)8-23-7-11;2*2-1-3/h2,9,11-12H,3-8H2,1H3,(H,21,22);2*1H,(H,2,3)/t11-,12+;;/m1../s1. The van der Waals surface area contributed by atoms with E-state index in [1.165, 1.54) is 4.88 Å². The molecular weight excluding hydrogens is 416 g/mol. The second kappa shape index (κ2) is 11.4. The number of ether oxygens (including phenoxy) is 1. The van der Waals surface area contributed by atoms with Crippen molar-refractivity contribution >= 4 is 46.3 Å². The maximum Gasteiger partial charge on any atom is 0.317 e. The Balaban J connectivity index is 0.000000480. The van der Waals surface area contributed by atoms with E-state index in [-0.39, 0.29) is 31.4 Å². The molecule has 2 atom stereocenters. The molecule has 12 heteroatoms. The van der Waals surface area contributed by atoms with Crippen molar-refractivity contribution in [2.75, 3.05) is 44.3 Å². The average Bonchev–Trinajstić information content (AvgIpc) is 2.83. The fourth-order valence-electron chi connectivity index (χ4n) is 3.68. The first kappa shape index (κ1) is 23.4. The van der Waals surface area contributed by atoms with Crippen LogP contribution in [-0.2, 0) is 19.1 Å². The van der Waals surface area contributed by atoms with Crippen LogP contribution in [-0.4, -0.2) is 94.5 Å². The number of nitrogens with zero attached hydrogens (tertiary/aromatic N) is 4. The Hall–Kier alpha value is -2.83. The van der Waals surface area contributed by atoms with Gasteiger partial charge in [0.2, 0.25) is 0 Å². The largest absolute Gasteiger partial charge is 0.483 e. The van der Waals surface area contributed by atoms with E-state index in [1.54, 1.807) is 17.7 Å². The third kappa shape index (κ3) is 6.08. The Bertz CT molecular complexity index is 856. The molecule has 2 aromatic rings. The van der Waals surface area contributed by atoms with E-state index in [0.717, 1.165) is 35.7 Å². The van der Waals surface area contributed by atoms with Gasteiger partial charge in [0.15, 0.2) is 0 Å². The number of rotatable bonds is 3. The number of carboxylic acid groups (broad SMARTS) is 3. The van der Waals surface area contributed by atoms with Crippen LogP contribution in [0, 0.1) is 12.8 Å². The van der Waals surface area contributed by atoms with Crippen molar-refractivity contribution in [3.63, 3.8) is 0 Å². The first-order valence-electron chi connectivity index (χ1n) is 9.08. The molecule has 0 spiro atoms. The topological polar surface area (TPSA) is 153 Å². The number of aryl methyl sites for hydroxylation is 1. The Morgan fingerprint density at radius 3 is 2.60 bits per heavy atom. The van der Waals surface area contributed by atoms with Crippen LogP contribution in [0.5, 0.6) is 0 Å². The summed E-state index contributed by atoms with van der Waals surface area (Å²) in [6.45, 7) is 5.19. The number of carboxylic acids is 1. The van der Waals surface area contributed by atoms with Gasteiger partial charge in [0.1, 0.15) is 17.0 Å². The molecule has 2 aliphatic heterocycles. The molecular formula is C18H24N4O7S. The average molecular weight is 440 g/mol. The number of carbonyl (C=O) groups is 3. The monoisotopic (exact) mass is 440 g/mol. The highest BCUT2D eigenvalue weighted by Crippen LogP contribution is 2.32. The van der Waals surface area contributed by atoms with Gasteiger partial charge in [-0.25, -0.2) is 9.97 Å². The van der Waals surface area contributed by atoms with Crippen molar-refractivity contribution < 1.29 is 34.4 Å². The smallest absolute Gasteiger partial charge is 0.317 e. The molecule has 2 bridgehead atoms. The van der Waals surface area contributed by atoms with Crippen molar-refractivity contribution in [2.45, 2.75) is 13.0 Å². The Labute approximate surface area is 176 Å². The van der Waals surface area contributed by atoms with E-state index >= 15 is 0 Å². The number of aliphatic carboxylic acids is 1. The SMILES string of the molecule is Cc1cc2c(N3C[C@@H]4COC[C@H](C3)N(CC(=O)O)C4)ncnc2s1.O=CO.O=CO. The highest BCUT2D eigenvalue weighted by Gasteiger charge is 2.35. The second-order valence-corrected chi connectivity index (χ2v) is 8.00. The lowest BCUT2D eigenvalue weighted by molar-refractivity contribution is -0.139. The van der Waals surface area contributed by atoms with Gasteiger partial charge in [0.05, 0.1) is 31.2 Å². The third-order valence-electron chi connectivity index (χ3n) is 4.65. The highest BCUT2D eigenvalue weighted by atomic mass is 32.1. The molecule has 30 heavy (non-hydrogen) atoms. The highest BCUT2D eigenvalue weighted by molar-refractivity contribution is 7.18. The molecule has 0 aromatic carbocycles. The predicted molar refractivity (Wildman–Crippen MR) is 109 cm³/mol. The van der Waals surface area contributed by atoms with E-state index in [9.17, 15) is 9.90 Å². The molecule has 2 aromatic heterocycles. The quantitative estimate of drug-likeness (QED) is 0.576. The van der Waals surface area contributed by atoms with Crippen molar-refractivity contribution in [3.05, 3.63) is 17.3 Å². The molecule has 2 fully saturated rings. The number of anilines is 1. The molecule has 0 aliphatic carbocycles. The van der Waals surface area contributed by atoms with Crippen LogP contribution in [0.15, 0.2) is 12.4 Å². The van der Waals surface area contributed by atoms with Crippen LogP contribution in [0.25, 0.3) is 10.2 Å². The molecule has 11 nitrogen and oxygen atoms in total. The summed E-state index contributed by atoms with van der Waals surface area (Å²) in [6.07, 6.45) is 1.62. The van der Waals surface area contributed by atoms with Crippen molar-refractivity contribution in [1.82, 2.24) is 14.9 Å². The summed E-state index contributed by atoms with van der Waals surface area (Å²) in [6, 6.07) is 2.21. The Kier molecular flexibility index (Phi) is 8.89. The molecule has 0 saturated carbocycles. The van der Waals surface area contributed by atoms with Gasteiger partial charge >= 0.3 is 5.97 Å². The van der Waals surface area contributed by atoms with Crippen LogP contribution in [0.2, 0.25) is 0 Å². The van der Waals surface area contributed by atoms with E-state index in [2.05, 4.69) is 27.9 Å². The summed E-state index contributed by atoms with van der Waals surface area (Å²) >= 11 is 1.68. The lowest BCUT2D eigenvalue weighted by atomic mass is 10.1. The summed E-state index contributed by atoms with van der Waals surface area (Å²) in [4.78, 5) is 43.4. The number of hydrogen-bond acceptors (Lipinski definition) is 9. The third-order valence-corrected chi connectivity index (χ3v) is 5.61. The maximum absolute atomic E-state index is 11.2. The minimum Gasteiger partial charge on any atom is -0.483 e. The van der Waals surface area contributed by atoms with Gasteiger partial charge in [-0.1, -0.05) is 0 Å². The fraction of sp³-hybridized carbons (Fsp3) is 0.500. The minimum atomic E-state index is -0.785. The molecule has 4 rings (SSSR count). The lowest BCUT2D eigenvalue weighted by Crippen LogP contribution is -2.46. The maximum atomic E-state index is 11.2. The van der Waals surface area contributed by atoms with E-state index in [4.69, 9.17) is 24.5 Å². The normalized spacial score (nSPS) is 20.8. The molecule has 4 heterocycles. The van der Waals surface area contributed by atoms with Crippen LogP contribution in [0.3, 0.4) is 0 Å². The second-order valence-electron chi connectivity index (χ2n) is 6.77. The summed E-state index contributed by atoms with van der Waals surface area (Å²) < 4.78 is 5.76. The molecule has 164 valence electrons. The first-order valence-corrected chi connectivity index (χ1v) is 9.90. The number of thiophene rings is 1. The zero-order valence-electron chi connectivity index (χ0n) is 16.4. The molecule has 2 saturated heterocycles. The summed E-state index contributed by atoms with van der Waals surface area (Å²) in [5, 5.41) is 24.1. The summed E-state index contributed by atoms with van der Waals surface area (Å²) in [5.41, 5.74) is 0. The van der Waals surface area contributed by atoms with Crippen molar-refractivity contribution in [3.8, 4) is 0 Å². The fourth-order valence-corrected chi connectivity index (χ4v) is 4.53. The van der Waals surface area contributed by atoms with Gasteiger partial charge in [-0.3, -0.25) is 19.3 Å².